The van der Waals surface area contributed by atoms with E-state index in [1.807, 2.05) is 69.2 Å². The molecule has 0 atom stereocenters. The Bertz CT molecular complexity index is 1290. The van der Waals surface area contributed by atoms with Crippen LogP contribution in [-0.4, -0.2) is 33.6 Å². The molecule has 6 nitrogen and oxygen atoms in total. The molecule has 2 N–H and O–H groups in total. The Morgan fingerprint density at radius 3 is 2.46 bits per heavy atom. The first kappa shape index (κ1) is 24.6. The maximum atomic E-state index is 13.5. The van der Waals surface area contributed by atoms with E-state index in [1.54, 1.807) is 29.2 Å². The van der Waals surface area contributed by atoms with Crippen LogP contribution in [0.25, 0.3) is 0 Å². The van der Waals surface area contributed by atoms with Gasteiger partial charge in [0.05, 0.1) is 30.8 Å². The molecule has 4 rings (SSSR count). The number of aromatic nitrogens is 1. The first-order valence-corrected chi connectivity index (χ1v) is 13.1. The van der Waals surface area contributed by atoms with Gasteiger partial charge in [-0.25, -0.2) is 0 Å². The fraction of sp³-hybridized carbons (Fsp3) is 0.222. The van der Waals surface area contributed by atoms with Crippen molar-refractivity contribution >= 4 is 40.3 Å². The maximum absolute atomic E-state index is 13.5. The van der Waals surface area contributed by atoms with Gasteiger partial charge in [0.25, 0.3) is 5.91 Å². The molecule has 0 bridgehead atoms. The van der Waals surface area contributed by atoms with E-state index in [0.29, 0.717) is 36.5 Å². The van der Waals surface area contributed by atoms with Gasteiger partial charge in [-0.2, -0.15) is 11.3 Å². The third kappa shape index (κ3) is 6.15. The molecule has 0 fully saturated rings. The number of thiophene rings is 2. The van der Waals surface area contributed by atoms with Crippen LogP contribution in [0.3, 0.4) is 0 Å². The Balaban J connectivity index is 1.58. The van der Waals surface area contributed by atoms with Crippen LogP contribution in [0.15, 0.2) is 70.7 Å². The predicted octanol–water partition coefficient (Wildman–Crippen LogP) is 4.72. The number of Topliss-reactive ketones (excluding diaryl/α,β-unsaturated/α-hetero) is 1. The molecule has 180 valence electrons. The van der Waals surface area contributed by atoms with Crippen LogP contribution >= 0.6 is 22.7 Å². The van der Waals surface area contributed by atoms with Crippen LogP contribution < -0.4 is 5.73 Å². The second-order valence-electron chi connectivity index (χ2n) is 8.34. The molecule has 0 aliphatic carbocycles. The van der Waals surface area contributed by atoms with Crippen molar-refractivity contribution in [2.24, 2.45) is 5.73 Å². The molecule has 3 aromatic heterocycles. The third-order valence-corrected chi connectivity index (χ3v) is 7.53. The summed E-state index contributed by atoms with van der Waals surface area (Å²) in [7, 11) is 0. The second kappa shape index (κ2) is 11.3. The van der Waals surface area contributed by atoms with Gasteiger partial charge in [0.15, 0.2) is 5.78 Å². The summed E-state index contributed by atoms with van der Waals surface area (Å²) in [5, 5.41) is 5.83. The zero-order valence-electron chi connectivity index (χ0n) is 19.5. The molecule has 35 heavy (non-hydrogen) atoms. The smallest absolute Gasteiger partial charge is 0.250 e. The van der Waals surface area contributed by atoms with Gasteiger partial charge in [0.1, 0.15) is 0 Å². The molecule has 4 aromatic rings. The van der Waals surface area contributed by atoms with Crippen LogP contribution in [0.5, 0.6) is 0 Å². The molecule has 0 radical (unpaired) electrons. The minimum Gasteiger partial charge on any atom is -0.366 e. The van der Waals surface area contributed by atoms with Crippen LogP contribution in [0, 0.1) is 6.92 Å². The molecule has 3 heterocycles. The Labute approximate surface area is 212 Å². The van der Waals surface area contributed by atoms with Gasteiger partial charge in [-0.15, -0.1) is 11.3 Å². The Hall–Kier alpha value is -3.49. The zero-order chi connectivity index (χ0) is 24.8. The lowest BCUT2D eigenvalue weighted by molar-refractivity contribution is -0.130. The number of aryl methyl sites for hydroxylation is 1. The summed E-state index contributed by atoms with van der Waals surface area (Å²) in [6, 6.07) is 17.3. The molecule has 0 saturated heterocycles. The molecule has 0 saturated carbocycles. The molecule has 1 aromatic carbocycles. The fourth-order valence-corrected chi connectivity index (χ4v) is 5.44. The van der Waals surface area contributed by atoms with E-state index in [4.69, 9.17) is 5.73 Å². The Morgan fingerprint density at radius 1 is 1.00 bits per heavy atom. The third-order valence-electron chi connectivity index (χ3n) is 5.93. The van der Waals surface area contributed by atoms with Gasteiger partial charge in [0.2, 0.25) is 5.91 Å². The maximum Gasteiger partial charge on any atom is 0.250 e. The number of ketones is 1. The summed E-state index contributed by atoms with van der Waals surface area (Å²) < 4.78 is 1.85. The predicted molar refractivity (Wildman–Crippen MR) is 140 cm³/mol. The molecule has 8 heteroatoms. The highest BCUT2D eigenvalue weighted by atomic mass is 32.1. The molecular formula is C27H27N3O3S2. The van der Waals surface area contributed by atoms with Crippen molar-refractivity contribution in [2.75, 3.05) is 6.54 Å². The second-order valence-corrected chi connectivity index (χ2v) is 10.2. The van der Waals surface area contributed by atoms with Crippen LogP contribution in [0.2, 0.25) is 0 Å². The number of rotatable bonds is 11. The zero-order valence-corrected chi connectivity index (χ0v) is 21.1. The van der Waals surface area contributed by atoms with Gasteiger partial charge in [-0.3, -0.25) is 14.4 Å². The van der Waals surface area contributed by atoms with E-state index in [0.717, 1.165) is 16.0 Å². The van der Waals surface area contributed by atoms with Crippen molar-refractivity contribution in [3.05, 3.63) is 104 Å². The highest BCUT2D eigenvalue weighted by Gasteiger charge is 2.24. The first-order chi connectivity index (χ1) is 16.9. The lowest BCUT2D eigenvalue weighted by Crippen LogP contribution is -2.36. The monoisotopic (exact) mass is 505 g/mol. The number of carbonyl (C=O) groups is 3. The molecule has 0 aliphatic rings. The molecule has 0 unspecified atom stereocenters. The van der Waals surface area contributed by atoms with Crippen LogP contribution in [0.1, 0.15) is 42.5 Å². The molecule has 0 aliphatic heterocycles. The van der Waals surface area contributed by atoms with Gasteiger partial charge in [-0.1, -0.05) is 36.4 Å². The molecule has 0 spiro atoms. The minimum absolute atomic E-state index is 0.0755. The van der Waals surface area contributed by atoms with Crippen molar-refractivity contribution in [1.82, 2.24) is 9.47 Å². The molecule has 2 amide bonds. The van der Waals surface area contributed by atoms with Crippen LogP contribution in [0.4, 0.5) is 0 Å². The van der Waals surface area contributed by atoms with Gasteiger partial charge in [-0.05, 0) is 58.8 Å². The van der Waals surface area contributed by atoms with Gasteiger partial charge in [0, 0.05) is 17.1 Å². The number of hydrogen-bond donors (Lipinski definition) is 1. The number of benzene rings is 1. The van der Waals surface area contributed by atoms with Crippen molar-refractivity contribution in [1.29, 1.82) is 0 Å². The number of hydrogen-bond acceptors (Lipinski definition) is 5. The number of amides is 2. The number of nitrogens with zero attached hydrogens (tertiary/aromatic N) is 2. The standard InChI is InChI=1S/C27H27N3O3S2/c1-19-23(27(28)33)15-24(30(19)11-9-20-6-3-2-4-7-20)25(31)17-29(16-22-8-5-12-35-22)26(32)14-21-10-13-34-18-21/h2-8,10,12-13,15,18H,9,11,14,16-17H2,1H3,(H2,28,33). The topological polar surface area (TPSA) is 85.4 Å². The quantitative estimate of drug-likeness (QED) is 0.300. The van der Waals surface area contributed by atoms with E-state index in [1.165, 1.54) is 11.3 Å². The SMILES string of the molecule is Cc1c(C(N)=O)cc(C(=O)CN(Cc2cccs2)C(=O)Cc2ccsc2)n1CCc1ccccc1. The normalized spacial score (nSPS) is 10.9. The average Bonchev–Trinajstić information content (AvgIpc) is 3.60. The summed E-state index contributed by atoms with van der Waals surface area (Å²) in [5.74, 6) is -0.901. The van der Waals surface area contributed by atoms with Crippen molar-refractivity contribution in [3.8, 4) is 0 Å². The lowest BCUT2D eigenvalue weighted by Gasteiger charge is -2.22. The summed E-state index contributed by atoms with van der Waals surface area (Å²) in [6.07, 6.45) is 0.938. The van der Waals surface area contributed by atoms with Crippen molar-refractivity contribution in [2.45, 2.75) is 32.9 Å². The number of carbonyl (C=O) groups excluding carboxylic acids is 3. The lowest BCUT2D eigenvalue weighted by atomic mass is 10.1. The van der Waals surface area contributed by atoms with Gasteiger partial charge >= 0.3 is 0 Å². The fourth-order valence-electron chi connectivity index (χ4n) is 4.06. The van der Waals surface area contributed by atoms with Gasteiger partial charge < -0.3 is 15.2 Å². The van der Waals surface area contributed by atoms with Crippen molar-refractivity contribution in [3.63, 3.8) is 0 Å². The summed E-state index contributed by atoms with van der Waals surface area (Å²) in [6.45, 7) is 2.61. The Kier molecular flexibility index (Phi) is 7.94. The summed E-state index contributed by atoms with van der Waals surface area (Å²) >= 11 is 3.09. The highest BCUT2D eigenvalue weighted by molar-refractivity contribution is 7.09. The van der Waals surface area contributed by atoms with Crippen LogP contribution in [-0.2, 0) is 30.7 Å². The van der Waals surface area contributed by atoms with E-state index in [2.05, 4.69) is 0 Å². The first-order valence-electron chi connectivity index (χ1n) is 11.3. The average molecular weight is 506 g/mol. The Morgan fingerprint density at radius 2 is 1.80 bits per heavy atom. The number of nitrogens with two attached hydrogens (primary N) is 1. The number of primary amides is 1. The van der Waals surface area contributed by atoms with E-state index in [-0.39, 0.29) is 24.7 Å². The summed E-state index contributed by atoms with van der Waals surface area (Å²) in [5.41, 5.74) is 9.04. The summed E-state index contributed by atoms with van der Waals surface area (Å²) in [4.78, 5) is 41.4. The van der Waals surface area contributed by atoms with E-state index < -0.39 is 5.91 Å². The highest BCUT2D eigenvalue weighted by Crippen LogP contribution is 2.20. The van der Waals surface area contributed by atoms with Crippen molar-refractivity contribution < 1.29 is 14.4 Å². The van der Waals surface area contributed by atoms with E-state index >= 15 is 0 Å². The largest absolute Gasteiger partial charge is 0.366 e. The van der Waals surface area contributed by atoms with E-state index in [9.17, 15) is 14.4 Å². The molecular weight excluding hydrogens is 478 g/mol. The minimum atomic E-state index is -0.570.